The first-order chi connectivity index (χ1) is 6.99. The Morgan fingerprint density at radius 3 is 2.40 bits per heavy atom. The predicted octanol–water partition coefficient (Wildman–Crippen LogP) is 2.38. The molecule has 1 heterocycles. The molecule has 1 saturated carbocycles. The van der Waals surface area contributed by atoms with Gasteiger partial charge in [-0.1, -0.05) is 13.8 Å². The zero-order valence-corrected chi connectivity index (χ0v) is 10.4. The summed E-state index contributed by atoms with van der Waals surface area (Å²) in [6.45, 7) is 8.56. The summed E-state index contributed by atoms with van der Waals surface area (Å²) in [7, 11) is 0. The quantitative estimate of drug-likeness (QED) is 0.775. The van der Waals surface area contributed by atoms with Crippen LogP contribution in [0.25, 0.3) is 0 Å². The maximum absolute atomic E-state index is 6.26. The molecule has 0 spiro atoms. The third-order valence-corrected chi connectivity index (χ3v) is 4.25. The average Bonchev–Trinajstić information content (AvgIpc) is 2.10. The van der Waals surface area contributed by atoms with Gasteiger partial charge in [0.2, 0.25) is 0 Å². The van der Waals surface area contributed by atoms with Gasteiger partial charge in [-0.3, -0.25) is 0 Å². The Hall–Kier alpha value is -0.0800. The van der Waals surface area contributed by atoms with Crippen LogP contribution in [0.4, 0.5) is 0 Å². The van der Waals surface area contributed by atoms with Crippen molar-refractivity contribution in [2.75, 3.05) is 19.6 Å². The van der Waals surface area contributed by atoms with E-state index in [9.17, 15) is 0 Å². The summed E-state index contributed by atoms with van der Waals surface area (Å²) in [5.74, 6) is 0. The Bertz CT molecular complexity index is 219. The predicted molar refractivity (Wildman–Crippen MR) is 64.8 cm³/mol. The van der Waals surface area contributed by atoms with Crippen molar-refractivity contribution in [1.29, 1.82) is 0 Å². The van der Waals surface area contributed by atoms with Gasteiger partial charge in [-0.05, 0) is 57.0 Å². The second-order valence-corrected chi connectivity index (χ2v) is 6.51. The molecule has 2 heteroatoms. The monoisotopic (exact) mass is 210 g/mol. The SMILES string of the molecule is CC1(C)CCCN(CCC2(N)CCC2)C1. The number of piperidine rings is 1. The van der Waals surface area contributed by atoms with E-state index >= 15 is 0 Å². The molecule has 15 heavy (non-hydrogen) atoms. The molecule has 2 nitrogen and oxygen atoms in total. The first-order valence-electron chi connectivity index (χ1n) is 6.51. The second kappa shape index (κ2) is 4.06. The van der Waals surface area contributed by atoms with Gasteiger partial charge in [0.15, 0.2) is 0 Å². The summed E-state index contributed by atoms with van der Waals surface area (Å²) in [4.78, 5) is 2.62. The molecule has 2 rings (SSSR count). The van der Waals surface area contributed by atoms with E-state index in [4.69, 9.17) is 5.73 Å². The highest BCUT2D eigenvalue weighted by atomic mass is 15.1. The molecule has 1 aliphatic heterocycles. The van der Waals surface area contributed by atoms with Gasteiger partial charge in [0, 0.05) is 12.1 Å². The Balaban J connectivity index is 1.74. The number of hydrogen-bond donors (Lipinski definition) is 1. The van der Waals surface area contributed by atoms with Crippen LogP contribution in [-0.4, -0.2) is 30.1 Å². The van der Waals surface area contributed by atoms with Crippen molar-refractivity contribution in [2.24, 2.45) is 11.1 Å². The van der Waals surface area contributed by atoms with Crippen molar-refractivity contribution in [3.05, 3.63) is 0 Å². The van der Waals surface area contributed by atoms with Crippen molar-refractivity contribution >= 4 is 0 Å². The van der Waals surface area contributed by atoms with Crippen LogP contribution in [0, 0.1) is 5.41 Å². The summed E-state index contributed by atoms with van der Waals surface area (Å²) in [5, 5.41) is 0. The number of nitrogens with zero attached hydrogens (tertiary/aromatic N) is 1. The molecule has 2 fully saturated rings. The van der Waals surface area contributed by atoms with Crippen molar-refractivity contribution in [3.63, 3.8) is 0 Å². The molecule has 0 amide bonds. The number of rotatable bonds is 3. The number of likely N-dealkylation sites (tertiary alicyclic amines) is 1. The van der Waals surface area contributed by atoms with Crippen LogP contribution >= 0.6 is 0 Å². The summed E-state index contributed by atoms with van der Waals surface area (Å²) in [6, 6.07) is 0. The molecule has 2 aliphatic rings. The van der Waals surface area contributed by atoms with Crippen LogP contribution in [-0.2, 0) is 0 Å². The minimum atomic E-state index is 0.210. The fourth-order valence-corrected chi connectivity index (χ4v) is 3.00. The van der Waals surface area contributed by atoms with Crippen LogP contribution in [0.5, 0.6) is 0 Å². The molecule has 88 valence electrons. The first kappa shape index (κ1) is 11.4. The summed E-state index contributed by atoms with van der Waals surface area (Å²) in [6.07, 6.45) is 7.82. The first-order valence-corrected chi connectivity index (χ1v) is 6.51. The van der Waals surface area contributed by atoms with Gasteiger partial charge >= 0.3 is 0 Å². The third kappa shape index (κ3) is 2.94. The smallest absolute Gasteiger partial charge is 0.0166 e. The molecule has 1 saturated heterocycles. The molecule has 0 unspecified atom stereocenters. The van der Waals surface area contributed by atoms with E-state index in [1.54, 1.807) is 0 Å². The van der Waals surface area contributed by atoms with Crippen molar-refractivity contribution in [1.82, 2.24) is 4.90 Å². The van der Waals surface area contributed by atoms with Crippen molar-refractivity contribution in [2.45, 2.75) is 57.9 Å². The second-order valence-electron chi connectivity index (χ2n) is 6.51. The average molecular weight is 210 g/mol. The largest absolute Gasteiger partial charge is 0.325 e. The van der Waals surface area contributed by atoms with Gasteiger partial charge in [0.05, 0.1) is 0 Å². The normalized spacial score (nSPS) is 29.8. The number of nitrogens with two attached hydrogens (primary N) is 1. The Kier molecular flexibility index (Phi) is 3.09. The molecule has 0 aromatic heterocycles. The van der Waals surface area contributed by atoms with Crippen LogP contribution in [0.15, 0.2) is 0 Å². The molecule has 1 aliphatic carbocycles. The third-order valence-electron chi connectivity index (χ3n) is 4.25. The van der Waals surface area contributed by atoms with E-state index in [2.05, 4.69) is 18.7 Å². The Morgan fingerprint density at radius 1 is 1.13 bits per heavy atom. The molecule has 2 N–H and O–H groups in total. The lowest BCUT2D eigenvalue weighted by molar-refractivity contribution is 0.0984. The molecule has 0 atom stereocenters. The standard InChI is InChI=1S/C13H26N2/c1-12(2)5-4-9-15(11-12)10-8-13(14)6-3-7-13/h3-11,14H2,1-2H3. The van der Waals surface area contributed by atoms with Gasteiger partial charge < -0.3 is 10.6 Å². The highest BCUT2D eigenvalue weighted by Crippen LogP contribution is 2.33. The minimum Gasteiger partial charge on any atom is -0.325 e. The van der Waals surface area contributed by atoms with E-state index in [1.165, 1.54) is 58.2 Å². The van der Waals surface area contributed by atoms with Gasteiger partial charge in [0.1, 0.15) is 0 Å². The molecule has 0 aromatic rings. The van der Waals surface area contributed by atoms with Crippen LogP contribution < -0.4 is 5.73 Å². The summed E-state index contributed by atoms with van der Waals surface area (Å²) < 4.78 is 0. The van der Waals surface area contributed by atoms with Gasteiger partial charge in [-0.15, -0.1) is 0 Å². The lowest BCUT2D eigenvalue weighted by Gasteiger charge is -2.42. The van der Waals surface area contributed by atoms with E-state index in [0.717, 1.165) is 0 Å². The van der Waals surface area contributed by atoms with Crippen molar-refractivity contribution < 1.29 is 0 Å². The molecular weight excluding hydrogens is 184 g/mol. The molecule has 0 bridgehead atoms. The summed E-state index contributed by atoms with van der Waals surface area (Å²) in [5.41, 5.74) is 7.00. The van der Waals surface area contributed by atoms with Crippen molar-refractivity contribution in [3.8, 4) is 0 Å². The lowest BCUT2D eigenvalue weighted by Crippen LogP contribution is -2.50. The van der Waals surface area contributed by atoms with Crippen LogP contribution in [0.1, 0.15) is 52.4 Å². The Labute approximate surface area is 94.2 Å². The lowest BCUT2D eigenvalue weighted by atomic mass is 9.75. The van der Waals surface area contributed by atoms with E-state index < -0.39 is 0 Å². The topological polar surface area (TPSA) is 29.3 Å². The Morgan fingerprint density at radius 2 is 1.87 bits per heavy atom. The van der Waals surface area contributed by atoms with E-state index in [-0.39, 0.29) is 5.54 Å². The summed E-state index contributed by atoms with van der Waals surface area (Å²) >= 11 is 0. The molecule has 0 aromatic carbocycles. The highest BCUT2D eigenvalue weighted by molar-refractivity contribution is 4.93. The van der Waals surface area contributed by atoms with E-state index in [0.29, 0.717) is 5.41 Å². The minimum absolute atomic E-state index is 0.210. The zero-order valence-electron chi connectivity index (χ0n) is 10.4. The van der Waals surface area contributed by atoms with Gasteiger partial charge in [-0.25, -0.2) is 0 Å². The molecule has 0 radical (unpaired) electrons. The maximum Gasteiger partial charge on any atom is 0.0166 e. The van der Waals surface area contributed by atoms with Gasteiger partial charge in [-0.2, -0.15) is 0 Å². The highest BCUT2D eigenvalue weighted by Gasteiger charge is 2.33. The zero-order chi connectivity index (χ0) is 10.9. The maximum atomic E-state index is 6.26. The van der Waals surface area contributed by atoms with Crippen LogP contribution in [0.2, 0.25) is 0 Å². The van der Waals surface area contributed by atoms with E-state index in [1.807, 2.05) is 0 Å². The fourth-order valence-electron chi connectivity index (χ4n) is 3.00. The molecular formula is C13H26N2. The van der Waals surface area contributed by atoms with Crippen LogP contribution in [0.3, 0.4) is 0 Å². The van der Waals surface area contributed by atoms with Gasteiger partial charge in [0.25, 0.3) is 0 Å². The fraction of sp³-hybridized carbons (Fsp3) is 1.00. The number of hydrogen-bond acceptors (Lipinski definition) is 2.